The van der Waals surface area contributed by atoms with Gasteiger partial charge in [0.05, 0.1) is 11.1 Å². The van der Waals surface area contributed by atoms with Gasteiger partial charge in [-0.05, 0) is 123 Å². The molecule has 0 fully saturated rings. The fourth-order valence-electron chi connectivity index (χ4n) is 10.4. The van der Waals surface area contributed by atoms with Crippen molar-refractivity contribution >= 4 is 40.6 Å². The average Bonchev–Trinajstić information content (AvgIpc) is 3.63. The Balaban J connectivity index is 1.03. The van der Waals surface area contributed by atoms with E-state index in [1.165, 1.54) is 33.3 Å². The van der Waals surface area contributed by atoms with E-state index >= 15 is 0 Å². The number of hydrogen-bond donors (Lipinski definition) is 5. The van der Waals surface area contributed by atoms with Gasteiger partial charge in [0.2, 0.25) is 17.2 Å². The second-order valence-electron chi connectivity index (χ2n) is 17.5. The van der Waals surface area contributed by atoms with E-state index in [0.717, 1.165) is 137 Å². The molecule has 0 aliphatic carbocycles. The highest BCUT2D eigenvalue weighted by atomic mass is 16.5. The van der Waals surface area contributed by atoms with E-state index in [2.05, 4.69) is 32.2 Å². The second kappa shape index (κ2) is 18.1. The normalized spacial score (nSPS) is 16.0. The number of nitrogens with one attached hydrogen (secondary N) is 3. The van der Waals surface area contributed by atoms with Gasteiger partial charge in [-0.15, -0.1) is 0 Å². The molecular weight excluding hydrogens is 783 g/mol. The molecule has 3 amide bonds. The number of nitrogens with zero attached hydrogens (tertiary/aromatic N) is 2. The summed E-state index contributed by atoms with van der Waals surface area (Å²) in [5, 5.41) is 27.6. The van der Waals surface area contributed by atoms with Gasteiger partial charge in [0.1, 0.15) is 24.6 Å². The fourth-order valence-corrected chi connectivity index (χ4v) is 10.4. The number of hydrogen-bond acceptors (Lipinski definition) is 7. The van der Waals surface area contributed by atoms with Crippen molar-refractivity contribution in [3.63, 3.8) is 0 Å². The van der Waals surface area contributed by atoms with Gasteiger partial charge in [-0.3, -0.25) is 19.6 Å². The number of amides is 3. The highest BCUT2D eigenvalue weighted by Crippen LogP contribution is 2.48. The van der Waals surface area contributed by atoms with Crippen LogP contribution in [0, 0.1) is 0 Å². The van der Waals surface area contributed by atoms with Gasteiger partial charge in [-0.2, -0.15) is 0 Å². The lowest BCUT2D eigenvalue weighted by Gasteiger charge is -2.35. The molecule has 4 aromatic rings. The van der Waals surface area contributed by atoms with Gasteiger partial charge in [-0.1, -0.05) is 25.0 Å². The topological polar surface area (TPSA) is 160 Å². The Bertz CT molecular complexity index is 2580. The largest absolute Gasteiger partial charge is 0.478 e. The molecule has 12 heteroatoms. The number of aryl methyl sites for hydroxylation is 2. The highest BCUT2D eigenvalue weighted by molar-refractivity contribution is 6.02. The van der Waals surface area contributed by atoms with Crippen LogP contribution in [0.15, 0.2) is 54.6 Å². The Morgan fingerprint density at radius 1 is 0.710 bits per heavy atom. The van der Waals surface area contributed by atoms with E-state index in [1.807, 2.05) is 24.3 Å². The maximum absolute atomic E-state index is 14.0. The zero-order valence-corrected chi connectivity index (χ0v) is 35.4. The van der Waals surface area contributed by atoms with Crippen molar-refractivity contribution in [2.24, 2.45) is 0 Å². The maximum Gasteiger partial charge on any atom is 0.336 e. The number of carbonyl (C=O) groups excluding carboxylic acids is 3. The molecule has 12 nitrogen and oxygen atoms in total. The van der Waals surface area contributed by atoms with Crippen LogP contribution in [-0.4, -0.2) is 60.2 Å². The molecule has 4 aromatic carbocycles. The SMILES string of the molecule is O=C(CCCCCCC(=O)Nc1ccc(CNC(=O)c2ccc(C(=O)O)c(C3=c4cc5c6c(c4Oc4c3cc3c7c4CCCN7CCCC3)CCC[N+]=6CCCC5)c2)cc1)NO. The molecule has 5 aliphatic rings. The molecule has 0 atom stereocenters. The molecule has 0 aromatic heterocycles. The van der Waals surface area contributed by atoms with Gasteiger partial charge < -0.3 is 25.4 Å². The lowest BCUT2D eigenvalue weighted by Crippen LogP contribution is -2.41. The molecule has 0 radical (unpaired) electrons. The Morgan fingerprint density at radius 2 is 1.45 bits per heavy atom. The molecule has 322 valence electrons. The summed E-state index contributed by atoms with van der Waals surface area (Å²) in [6.07, 6.45) is 13.8. The summed E-state index contributed by atoms with van der Waals surface area (Å²) in [6.45, 7) is 4.35. The molecule has 9 rings (SSSR count). The van der Waals surface area contributed by atoms with Crippen LogP contribution in [0.4, 0.5) is 11.4 Å². The number of aromatic carboxylic acids is 1. The highest BCUT2D eigenvalue weighted by Gasteiger charge is 2.36. The standard InChI is InChI=1S/C50H55N5O7/c56-42(15-3-1-2-4-16-43(57)53-61)52-35-20-17-31(18-21-35)30-51-49(58)34-19-22-36(50(59)60)39(29-34)44-40-27-32-11-5-7-23-54-25-9-13-37(45(32)54)47(40)62-48-38-14-10-26-55-24-8-6-12-33(46(38)55)28-41(44)48/h17-22,27-29H,1-16,23-26,30H2,(H4-,51,52,53,56,57,58,59,60,61)/p+1. The first-order valence-electron chi connectivity index (χ1n) is 22.7. The monoisotopic (exact) mass is 838 g/mol. The van der Waals surface area contributed by atoms with Crippen LogP contribution < -0.4 is 40.9 Å². The molecule has 0 saturated heterocycles. The first kappa shape index (κ1) is 41.3. The first-order valence-corrected chi connectivity index (χ1v) is 22.7. The van der Waals surface area contributed by atoms with Crippen molar-refractivity contribution in [1.29, 1.82) is 0 Å². The van der Waals surface area contributed by atoms with Crippen molar-refractivity contribution in [2.75, 3.05) is 36.4 Å². The van der Waals surface area contributed by atoms with Crippen LogP contribution in [0.25, 0.3) is 5.57 Å². The number of carbonyl (C=O) groups is 4. The Kier molecular flexibility index (Phi) is 12.1. The number of anilines is 2. The average molecular weight is 839 g/mol. The van der Waals surface area contributed by atoms with Crippen LogP contribution in [0.5, 0.6) is 11.5 Å². The van der Waals surface area contributed by atoms with Crippen LogP contribution in [-0.2, 0) is 41.8 Å². The van der Waals surface area contributed by atoms with Crippen LogP contribution >= 0.6 is 0 Å². The summed E-state index contributed by atoms with van der Waals surface area (Å²) in [5.74, 6) is -0.179. The minimum atomic E-state index is -1.05. The van der Waals surface area contributed by atoms with Gasteiger partial charge in [0, 0.05) is 89.7 Å². The quantitative estimate of drug-likeness (QED) is 0.0399. The molecule has 5 aliphatic heterocycles. The lowest BCUT2D eigenvalue weighted by molar-refractivity contribution is -0.129. The van der Waals surface area contributed by atoms with Crippen LogP contribution in [0.2, 0.25) is 0 Å². The van der Waals surface area contributed by atoms with Gasteiger partial charge >= 0.3 is 5.97 Å². The third-order valence-corrected chi connectivity index (χ3v) is 13.3. The van der Waals surface area contributed by atoms with Crippen molar-refractivity contribution < 1.29 is 34.2 Å². The van der Waals surface area contributed by atoms with Crippen molar-refractivity contribution in [3.05, 3.63) is 115 Å². The Labute approximate surface area is 361 Å². The summed E-state index contributed by atoms with van der Waals surface area (Å²) >= 11 is 0. The number of carboxylic acid groups (broad SMARTS) is 1. The zero-order valence-electron chi connectivity index (χ0n) is 35.4. The summed E-state index contributed by atoms with van der Waals surface area (Å²) in [6, 6.07) is 16.8. The molecule has 0 spiro atoms. The minimum Gasteiger partial charge on any atom is -0.478 e. The molecule has 0 saturated carbocycles. The zero-order chi connectivity index (χ0) is 42.7. The molecular formula is C50H56N5O7+. The molecule has 0 unspecified atom stereocenters. The van der Waals surface area contributed by atoms with E-state index in [0.29, 0.717) is 36.1 Å². The number of carboxylic acids is 1. The predicted octanol–water partition coefficient (Wildman–Crippen LogP) is 6.31. The van der Waals surface area contributed by atoms with E-state index in [9.17, 15) is 24.3 Å². The Hall–Kier alpha value is -6.01. The summed E-state index contributed by atoms with van der Waals surface area (Å²) in [5.41, 5.74) is 12.3. The van der Waals surface area contributed by atoms with Crippen molar-refractivity contribution in [3.8, 4) is 11.5 Å². The fraction of sp³-hybridized carbons (Fsp3) is 0.420. The smallest absolute Gasteiger partial charge is 0.336 e. The molecule has 0 bridgehead atoms. The molecule has 5 heterocycles. The molecule has 5 N–H and O–H groups in total. The Morgan fingerprint density at radius 3 is 2.26 bits per heavy atom. The van der Waals surface area contributed by atoms with E-state index in [1.54, 1.807) is 23.7 Å². The number of benzene rings is 4. The second-order valence-corrected chi connectivity index (χ2v) is 17.5. The number of hydroxylamine groups is 1. The predicted molar refractivity (Wildman–Crippen MR) is 237 cm³/mol. The number of ether oxygens (including phenoxy) is 1. The lowest BCUT2D eigenvalue weighted by atomic mass is 9.82. The van der Waals surface area contributed by atoms with Crippen LogP contribution in [0.3, 0.4) is 0 Å². The van der Waals surface area contributed by atoms with E-state index < -0.39 is 11.9 Å². The van der Waals surface area contributed by atoms with Gasteiger partial charge in [-0.25, -0.2) is 14.9 Å². The summed E-state index contributed by atoms with van der Waals surface area (Å²) in [4.78, 5) is 53.4. The minimum absolute atomic E-state index is 0.0963. The van der Waals surface area contributed by atoms with Gasteiger partial charge in [0.15, 0.2) is 0 Å². The van der Waals surface area contributed by atoms with Crippen molar-refractivity contribution in [1.82, 2.24) is 15.4 Å². The van der Waals surface area contributed by atoms with E-state index in [-0.39, 0.29) is 30.3 Å². The third kappa shape index (κ3) is 8.32. The third-order valence-electron chi connectivity index (χ3n) is 13.3. The van der Waals surface area contributed by atoms with E-state index in [4.69, 9.17) is 9.94 Å². The molecule has 62 heavy (non-hydrogen) atoms. The van der Waals surface area contributed by atoms with Crippen molar-refractivity contribution in [2.45, 2.75) is 109 Å². The summed E-state index contributed by atoms with van der Waals surface area (Å²) < 4.78 is 9.78. The first-order chi connectivity index (χ1) is 30.3. The maximum atomic E-state index is 14.0. The van der Waals surface area contributed by atoms with Crippen LogP contribution in [0.1, 0.15) is 137 Å². The number of rotatable bonds is 13. The van der Waals surface area contributed by atoms with Gasteiger partial charge in [0.25, 0.3) is 5.91 Å². The number of unbranched alkanes of at least 4 members (excludes halogenated alkanes) is 3. The summed E-state index contributed by atoms with van der Waals surface area (Å²) in [7, 11) is 0. The number of fused-ring (bicyclic) bond motifs is 4.